The maximum Gasteiger partial charge on any atom is 0.100 e. The summed E-state index contributed by atoms with van der Waals surface area (Å²) in [5.41, 5.74) is 0.460. The van der Waals surface area contributed by atoms with Crippen molar-refractivity contribution in [1.82, 2.24) is 5.32 Å². The lowest BCUT2D eigenvalue weighted by Crippen LogP contribution is -2.41. The van der Waals surface area contributed by atoms with Crippen LogP contribution in [0.15, 0.2) is 24.0 Å². The zero-order chi connectivity index (χ0) is 9.43. The topological polar surface area (TPSA) is 21.3 Å². The molecule has 1 N–H and O–H groups in total. The van der Waals surface area contributed by atoms with Gasteiger partial charge in [-0.3, -0.25) is 0 Å². The van der Waals surface area contributed by atoms with Crippen LogP contribution in [0.1, 0.15) is 19.3 Å². The summed E-state index contributed by atoms with van der Waals surface area (Å²) in [6.07, 6.45) is 10.3. The van der Waals surface area contributed by atoms with E-state index < -0.39 is 0 Å². The summed E-state index contributed by atoms with van der Waals surface area (Å²) in [6, 6.07) is 0. The van der Waals surface area contributed by atoms with Gasteiger partial charge in [0.15, 0.2) is 0 Å². The number of rotatable bonds is 0. The van der Waals surface area contributed by atoms with Gasteiger partial charge in [0.25, 0.3) is 0 Å². The molecule has 2 nitrogen and oxygen atoms in total. The Morgan fingerprint density at radius 1 is 1.36 bits per heavy atom. The van der Waals surface area contributed by atoms with Gasteiger partial charge in [0.1, 0.15) is 5.76 Å². The molecule has 2 heterocycles. The molecule has 0 amide bonds. The summed E-state index contributed by atoms with van der Waals surface area (Å²) in [5, 5.41) is 3.44. The Morgan fingerprint density at radius 3 is 3.07 bits per heavy atom. The number of fused-ring (bicyclic) bond motifs is 2. The molecular weight excluding hydrogens is 174 g/mol. The summed E-state index contributed by atoms with van der Waals surface area (Å²) in [5.74, 6) is 1.92. The third kappa shape index (κ3) is 1.13. The molecule has 14 heavy (non-hydrogen) atoms. The molecule has 3 aliphatic rings. The van der Waals surface area contributed by atoms with Gasteiger partial charge in [-0.1, -0.05) is 12.2 Å². The summed E-state index contributed by atoms with van der Waals surface area (Å²) >= 11 is 0. The first-order chi connectivity index (χ1) is 6.91. The zero-order valence-corrected chi connectivity index (χ0v) is 8.46. The van der Waals surface area contributed by atoms with Crippen LogP contribution in [-0.4, -0.2) is 19.7 Å². The van der Waals surface area contributed by atoms with Crippen LogP contribution in [0.5, 0.6) is 0 Å². The molecule has 2 aliphatic heterocycles. The summed E-state index contributed by atoms with van der Waals surface area (Å²) in [4.78, 5) is 0. The van der Waals surface area contributed by atoms with Crippen molar-refractivity contribution in [3.05, 3.63) is 24.0 Å². The van der Waals surface area contributed by atoms with Crippen molar-refractivity contribution in [3.63, 3.8) is 0 Å². The molecule has 0 radical (unpaired) electrons. The van der Waals surface area contributed by atoms with E-state index in [1.807, 2.05) is 0 Å². The molecule has 0 aromatic heterocycles. The molecule has 1 unspecified atom stereocenters. The normalized spacial score (nSPS) is 33.7. The Hall–Kier alpha value is -0.760. The fourth-order valence-electron chi connectivity index (χ4n) is 3.06. The lowest BCUT2D eigenvalue weighted by atomic mass is 9.68. The van der Waals surface area contributed by atoms with E-state index in [1.54, 1.807) is 0 Å². The van der Waals surface area contributed by atoms with Crippen molar-refractivity contribution in [2.75, 3.05) is 19.7 Å². The fourth-order valence-corrected chi connectivity index (χ4v) is 3.06. The number of nitrogens with one attached hydrogen (secondary N) is 1. The Morgan fingerprint density at radius 2 is 2.21 bits per heavy atom. The quantitative estimate of drug-likeness (QED) is 0.631. The molecule has 1 atom stereocenters. The summed E-state index contributed by atoms with van der Waals surface area (Å²) < 4.78 is 5.83. The van der Waals surface area contributed by atoms with Crippen molar-refractivity contribution in [2.45, 2.75) is 19.3 Å². The molecule has 2 heteroatoms. The van der Waals surface area contributed by atoms with Gasteiger partial charge in [-0.05, 0) is 38.4 Å². The minimum Gasteiger partial charge on any atom is -0.497 e. The van der Waals surface area contributed by atoms with Crippen LogP contribution in [0.3, 0.4) is 0 Å². The summed E-state index contributed by atoms with van der Waals surface area (Å²) in [7, 11) is 0. The molecule has 1 aliphatic carbocycles. The largest absolute Gasteiger partial charge is 0.497 e. The van der Waals surface area contributed by atoms with Gasteiger partial charge in [-0.25, -0.2) is 0 Å². The van der Waals surface area contributed by atoms with Crippen molar-refractivity contribution in [2.24, 2.45) is 11.3 Å². The van der Waals surface area contributed by atoms with Crippen LogP contribution in [0.4, 0.5) is 0 Å². The molecule has 2 saturated heterocycles. The highest BCUT2D eigenvalue weighted by Gasteiger charge is 2.47. The molecule has 2 fully saturated rings. The Labute approximate surface area is 85.0 Å². The fraction of sp³-hybridized carbons (Fsp3) is 0.667. The van der Waals surface area contributed by atoms with E-state index in [2.05, 4.69) is 23.5 Å². The van der Waals surface area contributed by atoms with E-state index >= 15 is 0 Å². The predicted octanol–water partition coefficient (Wildman–Crippen LogP) is 1.85. The number of allylic oxidation sites excluding steroid dienone is 4. The highest BCUT2D eigenvalue weighted by Crippen LogP contribution is 2.49. The SMILES string of the molecule is C1=CCC2C(=C1)OCC21CCNCC1. The van der Waals surface area contributed by atoms with E-state index in [0.29, 0.717) is 11.3 Å². The van der Waals surface area contributed by atoms with Crippen LogP contribution < -0.4 is 5.32 Å². The van der Waals surface area contributed by atoms with Crippen molar-refractivity contribution in [1.29, 1.82) is 0 Å². The molecule has 0 aromatic rings. The minimum atomic E-state index is 0.460. The van der Waals surface area contributed by atoms with E-state index in [1.165, 1.54) is 25.0 Å². The highest BCUT2D eigenvalue weighted by molar-refractivity contribution is 5.23. The number of ether oxygens (including phenoxy) is 1. The second-order valence-corrected chi connectivity index (χ2v) is 4.69. The second kappa shape index (κ2) is 3.13. The first-order valence-corrected chi connectivity index (χ1v) is 5.61. The van der Waals surface area contributed by atoms with Gasteiger partial charge < -0.3 is 10.1 Å². The average Bonchev–Trinajstić information content (AvgIpc) is 2.60. The highest BCUT2D eigenvalue weighted by atomic mass is 16.5. The molecule has 76 valence electrons. The summed E-state index contributed by atoms with van der Waals surface area (Å²) in [6.45, 7) is 3.28. The maximum atomic E-state index is 5.83. The Bertz CT molecular complexity index is 287. The van der Waals surface area contributed by atoms with Gasteiger partial charge in [0.05, 0.1) is 6.61 Å². The second-order valence-electron chi connectivity index (χ2n) is 4.69. The average molecular weight is 191 g/mol. The third-order valence-electron chi connectivity index (χ3n) is 3.98. The van der Waals surface area contributed by atoms with Gasteiger partial charge in [0, 0.05) is 11.3 Å². The van der Waals surface area contributed by atoms with Crippen molar-refractivity contribution in [3.8, 4) is 0 Å². The lowest BCUT2D eigenvalue weighted by Gasteiger charge is -2.36. The molecule has 3 rings (SSSR count). The monoisotopic (exact) mass is 191 g/mol. The zero-order valence-electron chi connectivity index (χ0n) is 8.46. The Kier molecular flexibility index (Phi) is 1.91. The first kappa shape index (κ1) is 8.54. The molecule has 0 aromatic carbocycles. The molecule has 0 saturated carbocycles. The van der Waals surface area contributed by atoms with Crippen LogP contribution in [0.2, 0.25) is 0 Å². The minimum absolute atomic E-state index is 0.460. The van der Waals surface area contributed by atoms with Crippen LogP contribution in [0, 0.1) is 11.3 Å². The number of piperidine rings is 1. The maximum absolute atomic E-state index is 5.83. The number of hydrogen-bond donors (Lipinski definition) is 1. The van der Waals surface area contributed by atoms with E-state index in [0.717, 1.165) is 19.7 Å². The van der Waals surface area contributed by atoms with Crippen molar-refractivity contribution >= 4 is 0 Å². The van der Waals surface area contributed by atoms with Crippen molar-refractivity contribution < 1.29 is 4.74 Å². The molecule has 0 bridgehead atoms. The van der Waals surface area contributed by atoms with Crippen LogP contribution in [0.25, 0.3) is 0 Å². The standard InChI is InChI=1S/C12H17NO/c1-2-4-11-10(3-1)12(9-14-11)5-7-13-8-6-12/h1-2,4,10,13H,3,5-9H2. The first-order valence-electron chi connectivity index (χ1n) is 5.61. The van der Waals surface area contributed by atoms with Gasteiger partial charge in [0.2, 0.25) is 0 Å². The molecule has 1 spiro atoms. The van der Waals surface area contributed by atoms with E-state index in [-0.39, 0.29) is 0 Å². The van der Waals surface area contributed by atoms with Crippen LogP contribution >= 0.6 is 0 Å². The smallest absolute Gasteiger partial charge is 0.100 e. The van der Waals surface area contributed by atoms with Gasteiger partial charge in [-0.2, -0.15) is 0 Å². The predicted molar refractivity (Wildman–Crippen MR) is 55.8 cm³/mol. The van der Waals surface area contributed by atoms with E-state index in [9.17, 15) is 0 Å². The van der Waals surface area contributed by atoms with Crippen LogP contribution in [-0.2, 0) is 4.74 Å². The van der Waals surface area contributed by atoms with Gasteiger partial charge in [-0.15, -0.1) is 0 Å². The van der Waals surface area contributed by atoms with Gasteiger partial charge >= 0.3 is 0 Å². The Balaban J connectivity index is 1.88. The van der Waals surface area contributed by atoms with E-state index in [4.69, 9.17) is 4.74 Å². The third-order valence-corrected chi connectivity index (χ3v) is 3.98. The lowest BCUT2D eigenvalue weighted by molar-refractivity contribution is 0.123. The number of hydrogen-bond acceptors (Lipinski definition) is 2. The molecular formula is C12H17NO.